The summed E-state index contributed by atoms with van der Waals surface area (Å²) in [6, 6.07) is 8.53. The van der Waals surface area contributed by atoms with Crippen LogP contribution in [0.3, 0.4) is 0 Å². The fourth-order valence-electron chi connectivity index (χ4n) is 1.70. The van der Waals surface area contributed by atoms with Crippen molar-refractivity contribution < 1.29 is 14.4 Å². The maximum Gasteiger partial charge on any atom is 0.328 e. The summed E-state index contributed by atoms with van der Waals surface area (Å²) in [5.41, 5.74) is 0.978. The van der Waals surface area contributed by atoms with E-state index in [0.717, 1.165) is 5.56 Å². The molecular formula is C13H13N3O3. The average molecular weight is 259 g/mol. The SMILES string of the molecule is C[C@H](N=CC1C(=O)NC(=O)NC1=O)c1ccccc1. The van der Waals surface area contributed by atoms with Crippen molar-refractivity contribution in [2.24, 2.45) is 10.9 Å². The molecule has 6 heteroatoms. The normalized spacial score (nSPS) is 18.3. The average Bonchev–Trinajstić information content (AvgIpc) is 2.38. The van der Waals surface area contributed by atoms with Crippen molar-refractivity contribution >= 4 is 24.1 Å². The van der Waals surface area contributed by atoms with Crippen LogP contribution in [-0.4, -0.2) is 24.1 Å². The van der Waals surface area contributed by atoms with Crippen molar-refractivity contribution in [1.29, 1.82) is 0 Å². The Balaban J connectivity index is 2.08. The molecule has 2 rings (SSSR count). The summed E-state index contributed by atoms with van der Waals surface area (Å²) < 4.78 is 0. The fraction of sp³-hybridized carbons (Fsp3) is 0.231. The zero-order valence-electron chi connectivity index (χ0n) is 10.3. The maximum absolute atomic E-state index is 11.5. The Morgan fingerprint density at radius 1 is 1.11 bits per heavy atom. The van der Waals surface area contributed by atoms with E-state index in [4.69, 9.17) is 0 Å². The minimum atomic E-state index is -1.07. The lowest BCUT2D eigenvalue weighted by atomic mass is 10.1. The molecule has 98 valence electrons. The van der Waals surface area contributed by atoms with Crippen molar-refractivity contribution in [1.82, 2.24) is 10.6 Å². The fourth-order valence-corrected chi connectivity index (χ4v) is 1.70. The van der Waals surface area contributed by atoms with Crippen molar-refractivity contribution in [2.45, 2.75) is 13.0 Å². The maximum atomic E-state index is 11.5. The van der Waals surface area contributed by atoms with Crippen LogP contribution in [0.1, 0.15) is 18.5 Å². The summed E-state index contributed by atoms with van der Waals surface area (Å²) in [6.45, 7) is 1.86. The van der Waals surface area contributed by atoms with Crippen LogP contribution in [0.4, 0.5) is 4.79 Å². The molecule has 1 saturated heterocycles. The predicted molar refractivity (Wildman–Crippen MR) is 68.5 cm³/mol. The first-order valence-corrected chi connectivity index (χ1v) is 5.82. The number of hydrogen-bond acceptors (Lipinski definition) is 4. The Bertz CT molecular complexity index is 519. The molecule has 0 unspecified atom stereocenters. The summed E-state index contributed by atoms with van der Waals surface area (Å²) in [4.78, 5) is 38.0. The monoisotopic (exact) mass is 259 g/mol. The number of aliphatic imine (C=N–C) groups is 1. The number of benzene rings is 1. The standard InChI is InChI=1S/C13H13N3O3/c1-8(9-5-3-2-4-6-9)14-7-10-11(17)15-13(19)16-12(10)18/h2-8,10H,1H3,(H2,15,16,17,18,19)/t8-/m0/s1. The molecule has 1 aliphatic heterocycles. The predicted octanol–water partition coefficient (Wildman–Crippen LogP) is 0.801. The van der Waals surface area contributed by atoms with E-state index >= 15 is 0 Å². The van der Waals surface area contributed by atoms with Gasteiger partial charge in [-0.25, -0.2) is 4.79 Å². The van der Waals surface area contributed by atoms with Gasteiger partial charge in [0, 0.05) is 6.21 Å². The Morgan fingerprint density at radius 3 is 2.26 bits per heavy atom. The van der Waals surface area contributed by atoms with Crippen LogP contribution in [0.25, 0.3) is 0 Å². The third kappa shape index (κ3) is 3.04. The second-order valence-electron chi connectivity index (χ2n) is 4.17. The van der Waals surface area contributed by atoms with Gasteiger partial charge in [0.15, 0.2) is 5.92 Å². The van der Waals surface area contributed by atoms with E-state index in [1.54, 1.807) is 0 Å². The summed E-state index contributed by atoms with van der Waals surface area (Å²) in [5.74, 6) is -2.38. The van der Waals surface area contributed by atoms with Gasteiger partial charge in [-0.3, -0.25) is 25.2 Å². The minimum Gasteiger partial charge on any atom is -0.288 e. The molecular weight excluding hydrogens is 246 g/mol. The first-order valence-electron chi connectivity index (χ1n) is 5.82. The molecule has 0 radical (unpaired) electrons. The molecule has 0 aliphatic carbocycles. The van der Waals surface area contributed by atoms with Gasteiger partial charge < -0.3 is 0 Å². The van der Waals surface area contributed by atoms with E-state index in [-0.39, 0.29) is 6.04 Å². The largest absolute Gasteiger partial charge is 0.328 e. The van der Waals surface area contributed by atoms with Gasteiger partial charge in [-0.2, -0.15) is 0 Å². The van der Waals surface area contributed by atoms with Crippen LogP contribution in [0.5, 0.6) is 0 Å². The molecule has 1 atom stereocenters. The molecule has 1 aliphatic rings. The van der Waals surface area contributed by atoms with Crippen molar-refractivity contribution in [3.8, 4) is 0 Å². The van der Waals surface area contributed by atoms with Crippen LogP contribution in [0.15, 0.2) is 35.3 Å². The lowest BCUT2D eigenvalue weighted by molar-refractivity contribution is -0.132. The van der Waals surface area contributed by atoms with E-state index in [9.17, 15) is 14.4 Å². The lowest BCUT2D eigenvalue weighted by Gasteiger charge is -2.17. The number of carbonyl (C=O) groups excluding carboxylic acids is 3. The molecule has 2 N–H and O–H groups in total. The lowest BCUT2D eigenvalue weighted by Crippen LogP contribution is -2.56. The molecule has 1 fully saturated rings. The third-order valence-corrected chi connectivity index (χ3v) is 2.78. The highest BCUT2D eigenvalue weighted by molar-refractivity contribution is 6.23. The first kappa shape index (κ1) is 12.9. The highest BCUT2D eigenvalue weighted by Gasteiger charge is 2.32. The topological polar surface area (TPSA) is 87.6 Å². The molecule has 0 spiro atoms. The van der Waals surface area contributed by atoms with E-state index < -0.39 is 23.8 Å². The van der Waals surface area contributed by atoms with Gasteiger partial charge in [-0.05, 0) is 12.5 Å². The number of urea groups is 1. The first-order chi connectivity index (χ1) is 9.08. The molecule has 0 aromatic heterocycles. The van der Waals surface area contributed by atoms with Gasteiger partial charge in [0.2, 0.25) is 11.8 Å². The van der Waals surface area contributed by atoms with Crippen LogP contribution in [0.2, 0.25) is 0 Å². The number of nitrogens with zero attached hydrogens (tertiary/aromatic N) is 1. The number of barbiturate groups is 1. The number of nitrogens with one attached hydrogen (secondary N) is 2. The summed E-state index contributed by atoms with van der Waals surface area (Å²) in [5, 5.41) is 4.04. The van der Waals surface area contributed by atoms with Gasteiger partial charge in [0.1, 0.15) is 0 Å². The second-order valence-corrected chi connectivity index (χ2v) is 4.17. The molecule has 0 saturated carbocycles. The van der Waals surface area contributed by atoms with Crippen molar-refractivity contribution in [2.75, 3.05) is 0 Å². The number of hydrogen-bond donors (Lipinski definition) is 2. The molecule has 19 heavy (non-hydrogen) atoms. The minimum absolute atomic E-state index is 0.167. The van der Waals surface area contributed by atoms with Crippen LogP contribution in [-0.2, 0) is 9.59 Å². The van der Waals surface area contributed by atoms with Gasteiger partial charge in [0.25, 0.3) is 0 Å². The molecule has 1 heterocycles. The van der Waals surface area contributed by atoms with E-state index in [1.165, 1.54) is 6.21 Å². The number of carbonyl (C=O) groups is 3. The number of imide groups is 2. The Morgan fingerprint density at radius 2 is 1.68 bits per heavy atom. The van der Waals surface area contributed by atoms with Gasteiger partial charge in [-0.1, -0.05) is 30.3 Å². The molecule has 1 aromatic rings. The summed E-state index contributed by atoms with van der Waals surface area (Å²) in [7, 11) is 0. The van der Waals surface area contributed by atoms with Crippen LogP contribution in [0, 0.1) is 5.92 Å². The van der Waals surface area contributed by atoms with Gasteiger partial charge in [-0.15, -0.1) is 0 Å². The Kier molecular flexibility index (Phi) is 3.70. The van der Waals surface area contributed by atoms with Crippen LogP contribution >= 0.6 is 0 Å². The van der Waals surface area contributed by atoms with Crippen molar-refractivity contribution in [3.05, 3.63) is 35.9 Å². The molecule has 1 aromatic carbocycles. The quantitative estimate of drug-likeness (QED) is 0.621. The Hall–Kier alpha value is -2.50. The third-order valence-electron chi connectivity index (χ3n) is 2.78. The highest BCUT2D eigenvalue weighted by atomic mass is 16.2. The molecule has 6 nitrogen and oxygen atoms in total. The van der Waals surface area contributed by atoms with Crippen LogP contribution < -0.4 is 10.6 Å². The number of amides is 4. The molecule has 0 bridgehead atoms. The zero-order valence-corrected chi connectivity index (χ0v) is 10.3. The van der Waals surface area contributed by atoms with E-state index in [1.807, 2.05) is 47.9 Å². The summed E-state index contributed by atoms with van der Waals surface area (Å²) in [6.07, 6.45) is 1.27. The molecule has 4 amide bonds. The van der Waals surface area contributed by atoms with Gasteiger partial charge >= 0.3 is 6.03 Å². The Labute approximate surface area is 109 Å². The van der Waals surface area contributed by atoms with E-state index in [0.29, 0.717) is 0 Å². The zero-order chi connectivity index (χ0) is 13.8. The second kappa shape index (κ2) is 5.43. The highest BCUT2D eigenvalue weighted by Crippen LogP contribution is 2.15. The smallest absolute Gasteiger partial charge is 0.288 e. The summed E-state index contributed by atoms with van der Waals surface area (Å²) >= 11 is 0. The van der Waals surface area contributed by atoms with Crippen molar-refractivity contribution in [3.63, 3.8) is 0 Å². The van der Waals surface area contributed by atoms with E-state index in [2.05, 4.69) is 4.99 Å². The van der Waals surface area contributed by atoms with Gasteiger partial charge in [0.05, 0.1) is 6.04 Å². The number of rotatable bonds is 3.